The van der Waals surface area contributed by atoms with Gasteiger partial charge in [-0.3, -0.25) is 9.52 Å². The van der Waals surface area contributed by atoms with Gasteiger partial charge >= 0.3 is 0 Å². The summed E-state index contributed by atoms with van der Waals surface area (Å²) in [5, 5.41) is 11.0. The summed E-state index contributed by atoms with van der Waals surface area (Å²) >= 11 is 13.5. The average molecular weight is 534 g/mol. The van der Waals surface area contributed by atoms with Gasteiger partial charge in [-0.25, -0.2) is 18.5 Å². The van der Waals surface area contributed by atoms with E-state index >= 15 is 0 Å². The van der Waals surface area contributed by atoms with Gasteiger partial charge in [-0.1, -0.05) is 29.3 Å². The van der Waals surface area contributed by atoms with Gasteiger partial charge in [0.05, 0.1) is 23.2 Å². The van der Waals surface area contributed by atoms with Gasteiger partial charge in [-0.2, -0.15) is 10.2 Å². The molecule has 12 heteroatoms. The Bertz CT molecular complexity index is 1450. The number of benzene rings is 2. The smallest absolute Gasteiger partial charge is 0.271 e. The first kappa shape index (κ1) is 24.0. The Labute approximate surface area is 209 Å². The van der Waals surface area contributed by atoms with Crippen molar-refractivity contribution < 1.29 is 13.2 Å². The van der Waals surface area contributed by atoms with Crippen molar-refractivity contribution in [1.82, 2.24) is 15.2 Å². The van der Waals surface area contributed by atoms with E-state index in [2.05, 4.69) is 20.3 Å². The summed E-state index contributed by atoms with van der Waals surface area (Å²) in [6, 6.07) is 16.2. The van der Waals surface area contributed by atoms with E-state index in [1.54, 1.807) is 47.3 Å². The molecule has 2 N–H and O–H groups in total. The van der Waals surface area contributed by atoms with Gasteiger partial charge < -0.3 is 0 Å². The minimum atomic E-state index is -3.66. The monoisotopic (exact) mass is 533 g/mol. The van der Waals surface area contributed by atoms with Crippen LogP contribution in [0.1, 0.15) is 21.6 Å². The maximum absolute atomic E-state index is 12.4. The largest absolute Gasteiger partial charge is 0.279 e. The number of carbonyl (C=O) groups excluding carboxylic acids is 1. The summed E-state index contributed by atoms with van der Waals surface area (Å²) in [6.45, 7) is 1.78. The van der Waals surface area contributed by atoms with Gasteiger partial charge in [0.25, 0.3) is 15.9 Å². The van der Waals surface area contributed by atoms with Crippen LogP contribution in [0.3, 0.4) is 0 Å². The summed E-state index contributed by atoms with van der Waals surface area (Å²) in [5.74, 6) is -0.470. The lowest BCUT2D eigenvalue weighted by Gasteiger charge is -2.07. The number of sulfonamides is 1. The molecule has 0 aliphatic carbocycles. The van der Waals surface area contributed by atoms with Gasteiger partial charge in [-0.05, 0) is 66.9 Å². The summed E-state index contributed by atoms with van der Waals surface area (Å²) < 4.78 is 28.8. The van der Waals surface area contributed by atoms with Gasteiger partial charge in [0, 0.05) is 16.3 Å². The van der Waals surface area contributed by atoms with Crippen molar-refractivity contribution in [2.45, 2.75) is 11.1 Å². The molecule has 8 nitrogen and oxygen atoms in total. The van der Waals surface area contributed by atoms with Crippen molar-refractivity contribution in [3.8, 4) is 5.69 Å². The zero-order valence-corrected chi connectivity index (χ0v) is 20.7. The van der Waals surface area contributed by atoms with Crippen LogP contribution in [0.2, 0.25) is 10.2 Å². The second-order valence-electron chi connectivity index (χ2n) is 6.99. The first-order valence-corrected chi connectivity index (χ1v) is 12.9. The number of nitrogens with zero attached hydrogens (tertiary/aromatic N) is 3. The number of aryl methyl sites for hydroxylation is 1. The molecule has 0 spiro atoms. The van der Waals surface area contributed by atoms with Crippen LogP contribution in [-0.4, -0.2) is 30.3 Å². The second-order valence-corrected chi connectivity index (χ2v) is 10.6. The minimum absolute atomic E-state index is 0.206. The Kier molecular flexibility index (Phi) is 7.03. The number of halogens is 2. The van der Waals surface area contributed by atoms with E-state index in [0.717, 1.165) is 17.0 Å². The SMILES string of the molecule is Cc1nn(-c2ccc(Cl)cc2)c(Cl)c1/C=N/NC(=O)c1ccc(NS(=O)(=O)c2cccs2)cc1. The topological polar surface area (TPSA) is 105 Å². The van der Waals surface area contributed by atoms with E-state index in [9.17, 15) is 13.2 Å². The van der Waals surface area contributed by atoms with E-state index < -0.39 is 15.9 Å². The van der Waals surface area contributed by atoms with Crippen LogP contribution >= 0.6 is 34.5 Å². The molecule has 0 saturated carbocycles. The third-order valence-electron chi connectivity index (χ3n) is 4.64. The van der Waals surface area contributed by atoms with E-state index in [4.69, 9.17) is 23.2 Å². The number of carbonyl (C=O) groups is 1. The first-order chi connectivity index (χ1) is 16.2. The number of aromatic nitrogens is 2. The Hall–Kier alpha value is -3.18. The van der Waals surface area contributed by atoms with E-state index in [1.807, 2.05) is 0 Å². The summed E-state index contributed by atoms with van der Waals surface area (Å²) in [5.41, 5.74) is 4.98. The number of hydrogen-bond donors (Lipinski definition) is 2. The fourth-order valence-corrected chi connectivity index (χ4v) is 5.44. The maximum Gasteiger partial charge on any atom is 0.271 e. The maximum atomic E-state index is 12.4. The van der Waals surface area contributed by atoms with Crippen LogP contribution in [0.4, 0.5) is 5.69 Å². The van der Waals surface area contributed by atoms with Crippen LogP contribution in [0.25, 0.3) is 5.69 Å². The lowest BCUT2D eigenvalue weighted by Crippen LogP contribution is -2.18. The number of anilines is 1. The predicted octanol–water partition coefficient (Wildman–Crippen LogP) is 5.11. The molecule has 2 aromatic carbocycles. The molecule has 1 amide bonds. The molecule has 4 aromatic rings. The van der Waals surface area contributed by atoms with Crippen molar-refractivity contribution in [2.75, 3.05) is 4.72 Å². The number of hydrazone groups is 1. The molecule has 0 fully saturated rings. The van der Waals surface area contributed by atoms with Crippen LogP contribution in [0.5, 0.6) is 0 Å². The normalized spacial score (nSPS) is 11.6. The molecule has 0 unspecified atom stereocenters. The molecule has 2 aromatic heterocycles. The molecular formula is C22H17Cl2N5O3S2. The quantitative estimate of drug-likeness (QED) is 0.254. The highest BCUT2D eigenvalue weighted by molar-refractivity contribution is 7.94. The lowest BCUT2D eigenvalue weighted by molar-refractivity contribution is 0.0955. The highest BCUT2D eigenvalue weighted by Crippen LogP contribution is 2.23. The fourth-order valence-electron chi connectivity index (χ4n) is 2.94. The molecule has 4 rings (SSSR count). The number of nitrogens with one attached hydrogen (secondary N) is 2. The first-order valence-electron chi connectivity index (χ1n) is 9.75. The van der Waals surface area contributed by atoms with Crippen molar-refractivity contribution in [3.63, 3.8) is 0 Å². The van der Waals surface area contributed by atoms with Crippen molar-refractivity contribution in [3.05, 3.63) is 93.0 Å². The third kappa shape index (κ3) is 5.31. The molecule has 0 aliphatic rings. The minimum Gasteiger partial charge on any atom is -0.279 e. The van der Waals surface area contributed by atoms with E-state index in [-0.39, 0.29) is 4.21 Å². The highest BCUT2D eigenvalue weighted by Gasteiger charge is 2.16. The summed E-state index contributed by atoms with van der Waals surface area (Å²) in [4.78, 5) is 12.4. The van der Waals surface area contributed by atoms with Gasteiger partial charge in [0.15, 0.2) is 0 Å². The Morgan fingerprint density at radius 1 is 1.09 bits per heavy atom. The highest BCUT2D eigenvalue weighted by atomic mass is 35.5. The Morgan fingerprint density at radius 2 is 1.79 bits per heavy atom. The zero-order chi connectivity index (χ0) is 24.3. The molecule has 2 heterocycles. The molecule has 34 heavy (non-hydrogen) atoms. The lowest BCUT2D eigenvalue weighted by atomic mass is 10.2. The van der Waals surface area contributed by atoms with Gasteiger partial charge in [-0.15, -0.1) is 11.3 Å². The molecule has 0 atom stereocenters. The molecular weight excluding hydrogens is 517 g/mol. The van der Waals surface area contributed by atoms with Crippen molar-refractivity contribution in [1.29, 1.82) is 0 Å². The van der Waals surface area contributed by atoms with Gasteiger partial charge in [0.2, 0.25) is 0 Å². The molecule has 0 saturated heterocycles. The molecule has 0 aliphatic heterocycles. The van der Waals surface area contributed by atoms with Crippen LogP contribution < -0.4 is 10.1 Å². The number of hydrogen-bond acceptors (Lipinski definition) is 6. The zero-order valence-electron chi connectivity index (χ0n) is 17.6. The van der Waals surface area contributed by atoms with E-state index in [0.29, 0.717) is 32.7 Å². The predicted molar refractivity (Wildman–Crippen MR) is 135 cm³/mol. The van der Waals surface area contributed by atoms with Crippen molar-refractivity contribution in [2.24, 2.45) is 5.10 Å². The second kappa shape index (κ2) is 9.98. The Balaban J connectivity index is 1.42. The number of amides is 1. The standard InChI is InChI=1S/C22H17Cl2N5O3S2/c1-14-19(21(24)29(27-14)18-10-6-16(23)7-11-18)13-25-26-22(30)15-4-8-17(9-5-15)28-34(31,32)20-3-2-12-33-20/h2-13,28H,1H3,(H,26,30)/b25-13+. The molecule has 0 radical (unpaired) electrons. The summed E-state index contributed by atoms with van der Waals surface area (Å²) in [6.07, 6.45) is 1.42. The van der Waals surface area contributed by atoms with Crippen molar-refractivity contribution >= 4 is 62.4 Å². The fraction of sp³-hybridized carbons (Fsp3) is 0.0455. The van der Waals surface area contributed by atoms with Crippen LogP contribution in [0, 0.1) is 6.92 Å². The molecule has 174 valence electrons. The Morgan fingerprint density at radius 3 is 2.44 bits per heavy atom. The van der Waals surface area contributed by atoms with Gasteiger partial charge in [0.1, 0.15) is 9.36 Å². The number of rotatable bonds is 7. The third-order valence-corrected chi connectivity index (χ3v) is 8.03. The average Bonchev–Trinajstić information content (AvgIpc) is 3.45. The van der Waals surface area contributed by atoms with Crippen LogP contribution in [-0.2, 0) is 10.0 Å². The molecule has 0 bridgehead atoms. The van der Waals surface area contributed by atoms with E-state index in [1.165, 1.54) is 36.5 Å². The van der Waals surface area contributed by atoms with Crippen LogP contribution in [0.15, 0.2) is 75.4 Å². The summed E-state index contributed by atoms with van der Waals surface area (Å²) in [7, 11) is -3.66. The number of thiophene rings is 1.